The maximum atomic E-state index is 14.6. The summed E-state index contributed by atoms with van der Waals surface area (Å²) in [6.07, 6.45) is 2.01. The number of H-pyrrole nitrogens is 1. The summed E-state index contributed by atoms with van der Waals surface area (Å²) in [5, 5.41) is 5.73. The number of hydrogen-bond acceptors (Lipinski definition) is 5. The third-order valence-electron chi connectivity index (χ3n) is 5.43. The second-order valence-electron chi connectivity index (χ2n) is 7.71. The van der Waals surface area contributed by atoms with Gasteiger partial charge in [-0.05, 0) is 18.9 Å². The molecule has 0 spiro atoms. The second kappa shape index (κ2) is 8.53. The summed E-state index contributed by atoms with van der Waals surface area (Å²) < 4.78 is 52.5. The van der Waals surface area contributed by atoms with Gasteiger partial charge in [0, 0.05) is 23.3 Å². The number of pyridine rings is 1. The van der Waals surface area contributed by atoms with Crippen LogP contribution in [0.15, 0.2) is 24.7 Å². The van der Waals surface area contributed by atoms with Gasteiger partial charge in [0.1, 0.15) is 17.7 Å². The molecule has 0 atom stereocenters. The van der Waals surface area contributed by atoms with E-state index in [0.29, 0.717) is 34.5 Å². The highest BCUT2D eigenvalue weighted by atomic mass is 35.5. The van der Waals surface area contributed by atoms with Crippen LogP contribution >= 0.6 is 11.6 Å². The van der Waals surface area contributed by atoms with Gasteiger partial charge in [0.15, 0.2) is 17.5 Å². The Balaban J connectivity index is 1.67. The smallest absolute Gasteiger partial charge is 0.353 e. The Hall–Kier alpha value is -2.95. The number of hydrogen-bond donors (Lipinski definition) is 3. The number of aromatic amines is 1. The van der Waals surface area contributed by atoms with Crippen molar-refractivity contribution in [2.45, 2.75) is 43.8 Å². The van der Waals surface area contributed by atoms with Crippen LogP contribution in [-0.2, 0) is 4.79 Å². The maximum Gasteiger partial charge on any atom is 0.405 e. The predicted molar refractivity (Wildman–Crippen MR) is 111 cm³/mol. The van der Waals surface area contributed by atoms with E-state index in [-0.39, 0.29) is 24.5 Å². The SMILES string of the molecule is O=C(NCC(F)(F)F)C1(Nc2nc(-c3c[nH]c4ncc(Cl)cc34)ncc2F)CCCCC1. The highest BCUT2D eigenvalue weighted by molar-refractivity contribution is 6.31. The van der Waals surface area contributed by atoms with Crippen molar-refractivity contribution in [2.24, 2.45) is 0 Å². The normalized spacial score (nSPS) is 16.2. The molecule has 3 aromatic heterocycles. The minimum atomic E-state index is -4.55. The van der Waals surface area contributed by atoms with Gasteiger partial charge in [0.05, 0.1) is 11.2 Å². The monoisotopic (exact) mass is 470 g/mol. The molecule has 0 aliphatic heterocycles. The van der Waals surface area contributed by atoms with Crippen molar-refractivity contribution in [3.05, 3.63) is 35.5 Å². The number of amides is 1. The molecule has 3 aromatic rings. The van der Waals surface area contributed by atoms with E-state index in [0.717, 1.165) is 12.6 Å². The van der Waals surface area contributed by atoms with Crippen LogP contribution in [0.4, 0.5) is 23.4 Å². The van der Waals surface area contributed by atoms with Crippen LogP contribution in [0.2, 0.25) is 5.02 Å². The molecule has 32 heavy (non-hydrogen) atoms. The summed E-state index contributed by atoms with van der Waals surface area (Å²) in [5.41, 5.74) is -0.361. The number of nitrogens with zero attached hydrogens (tertiary/aromatic N) is 3. The van der Waals surface area contributed by atoms with Crippen molar-refractivity contribution in [3.8, 4) is 11.4 Å². The number of carbonyl (C=O) groups excluding carboxylic acids is 1. The average Bonchev–Trinajstić information content (AvgIpc) is 3.17. The van der Waals surface area contributed by atoms with E-state index >= 15 is 0 Å². The predicted octanol–water partition coefficient (Wildman–Crippen LogP) is 4.61. The van der Waals surface area contributed by atoms with Crippen molar-refractivity contribution in [1.29, 1.82) is 0 Å². The first-order chi connectivity index (χ1) is 15.2. The van der Waals surface area contributed by atoms with Gasteiger partial charge in [-0.1, -0.05) is 30.9 Å². The molecule has 1 aliphatic carbocycles. The van der Waals surface area contributed by atoms with Crippen molar-refractivity contribution in [3.63, 3.8) is 0 Å². The van der Waals surface area contributed by atoms with Gasteiger partial charge >= 0.3 is 6.18 Å². The molecule has 3 N–H and O–H groups in total. The molecule has 170 valence electrons. The first-order valence-electron chi connectivity index (χ1n) is 9.96. The van der Waals surface area contributed by atoms with Crippen molar-refractivity contribution < 1.29 is 22.4 Å². The van der Waals surface area contributed by atoms with E-state index in [4.69, 9.17) is 11.6 Å². The minimum absolute atomic E-state index is 0.144. The number of anilines is 1. The maximum absolute atomic E-state index is 14.6. The van der Waals surface area contributed by atoms with Gasteiger partial charge in [-0.2, -0.15) is 13.2 Å². The number of nitrogens with one attached hydrogen (secondary N) is 3. The van der Waals surface area contributed by atoms with E-state index < -0.39 is 30.0 Å². The number of carbonyl (C=O) groups is 1. The van der Waals surface area contributed by atoms with Crippen LogP contribution in [0.25, 0.3) is 22.4 Å². The third-order valence-corrected chi connectivity index (χ3v) is 5.64. The van der Waals surface area contributed by atoms with Crippen LogP contribution in [0.5, 0.6) is 0 Å². The fourth-order valence-corrected chi connectivity index (χ4v) is 4.05. The highest BCUT2D eigenvalue weighted by Gasteiger charge is 2.42. The summed E-state index contributed by atoms with van der Waals surface area (Å²) in [4.78, 5) is 28.1. The number of aromatic nitrogens is 4. The van der Waals surface area contributed by atoms with Crippen LogP contribution in [0, 0.1) is 5.82 Å². The molecule has 1 fully saturated rings. The summed E-state index contributed by atoms with van der Waals surface area (Å²) in [6.45, 7) is -1.46. The molecule has 1 aliphatic rings. The first kappa shape index (κ1) is 22.3. The van der Waals surface area contributed by atoms with Crippen LogP contribution in [-0.4, -0.2) is 44.1 Å². The largest absolute Gasteiger partial charge is 0.405 e. The van der Waals surface area contributed by atoms with Crippen LogP contribution in [0.3, 0.4) is 0 Å². The molecule has 4 rings (SSSR count). The molecular weight excluding hydrogens is 452 g/mol. The van der Waals surface area contributed by atoms with Crippen LogP contribution in [0.1, 0.15) is 32.1 Å². The summed E-state index contributed by atoms with van der Waals surface area (Å²) >= 11 is 6.02. The topological polar surface area (TPSA) is 95.6 Å². The lowest BCUT2D eigenvalue weighted by molar-refractivity contribution is -0.141. The molecule has 1 amide bonds. The zero-order chi connectivity index (χ0) is 22.9. The van der Waals surface area contributed by atoms with Crippen molar-refractivity contribution in [1.82, 2.24) is 25.3 Å². The first-order valence-corrected chi connectivity index (χ1v) is 10.3. The van der Waals surface area contributed by atoms with Crippen molar-refractivity contribution >= 4 is 34.4 Å². The van der Waals surface area contributed by atoms with Crippen LogP contribution < -0.4 is 10.6 Å². The van der Waals surface area contributed by atoms with E-state index in [1.54, 1.807) is 12.3 Å². The molecule has 0 bridgehead atoms. The molecule has 0 saturated heterocycles. The van der Waals surface area contributed by atoms with E-state index in [1.165, 1.54) is 6.20 Å². The molecule has 12 heteroatoms. The molecule has 3 heterocycles. The number of halogens is 5. The Bertz CT molecular complexity index is 1140. The van der Waals surface area contributed by atoms with Crippen molar-refractivity contribution in [2.75, 3.05) is 11.9 Å². The Labute approximate surface area is 185 Å². The summed E-state index contributed by atoms with van der Waals surface area (Å²) in [6, 6.07) is 1.66. The van der Waals surface area contributed by atoms with Gasteiger partial charge in [-0.3, -0.25) is 4.79 Å². The van der Waals surface area contributed by atoms with Gasteiger partial charge in [-0.15, -0.1) is 0 Å². The molecule has 0 unspecified atom stereocenters. The van der Waals surface area contributed by atoms with E-state index in [1.807, 2.05) is 5.32 Å². The number of rotatable bonds is 5. The molecule has 7 nitrogen and oxygen atoms in total. The quantitative estimate of drug-likeness (QED) is 0.473. The molecule has 1 saturated carbocycles. The Morgan fingerprint density at radius 1 is 1.19 bits per heavy atom. The number of fused-ring (bicyclic) bond motifs is 1. The Morgan fingerprint density at radius 2 is 1.94 bits per heavy atom. The Morgan fingerprint density at radius 3 is 2.66 bits per heavy atom. The fourth-order valence-electron chi connectivity index (χ4n) is 3.89. The fraction of sp³-hybridized carbons (Fsp3) is 0.400. The standard InChI is InChI=1S/C20H19ClF4N6O/c21-11-6-12-13(8-27-15(12)26-7-11)16-28-9-14(22)17(30-16)31-19(4-2-1-3-5-19)18(32)29-10-20(23,24)25/h6-9H,1-5,10H2,(H,26,27)(H,29,32)(H,28,30,31). The molecule has 0 radical (unpaired) electrons. The summed E-state index contributed by atoms with van der Waals surface area (Å²) in [7, 11) is 0. The van der Waals surface area contributed by atoms with E-state index in [2.05, 4.69) is 25.3 Å². The van der Waals surface area contributed by atoms with Gasteiger partial charge in [-0.25, -0.2) is 19.3 Å². The molecular formula is C20H19ClF4N6O. The Kier molecular flexibility index (Phi) is 5.93. The lowest BCUT2D eigenvalue weighted by atomic mass is 9.80. The van der Waals surface area contributed by atoms with Gasteiger partial charge in [0.25, 0.3) is 0 Å². The average molecular weight is 471 g/mol. The lowest BCUT2D eigenvalue weighted by Crippen LogP contribution is -2.55. The number of alkyl halides is 3. The molecule has 0 aromatic carbocycles. The minimum Gasteiger partial charge on any atom is -0.353 e. The highest BCUT2D eigenvalue weighted by Crippen LogP contribution is 2.34. The zero-order valence-electron chi connectivity index (χ0n) is 16.7. The van der Waals surface area contributed by atoms with E-state index in [9.17, 15) is 22.4 Å². The second-order valence-corrected chi connectivity index (χ2v) is 8.14. The summed E-state index contributed by atoms with van der Waals surface area (Å²) in [5.74, 6) is -1.77. The third kappa shape index (κ3) is 4.62. The van der Waals surface area contributed by atoms with Gasteiger partial charge < -0.3 is 15.6 Å². The lowest BCUT2D eigenvalue weighted by Gasteiger charge is -2.37. The zero-order valence-corrected chi connectivity index (χ0v) is 17.4. The van der Waals surface area contributed by atoms with Gasteiger partial charge in [0.2, 0.25) is 5.91 Å².